The zero-order valence-electron chi connectivity index (χ0n) is 17.8. The summed E-state index contributed by atoms with van der Waals surface area (Å²) in [5.41, 5.74) is 0.263. The van der Waals surface area contributed by atoms with Gasteiger partial charge < -0.3 is 14.9 Å². The molecule has 3 rings (SSSR count). The Bertz CT molecular complexity index is 1020. The largest absolute Gasteiger partial charge is 0.395 e. The SMILES string of the molecule is Cn1c(N(CCO)CCN2CCN(c3ccc([N+](=O)[O-])cc3)CC2)cc(=O)n(C)c1=O. The number of aliphatic hydroxyl groups is 1. The van der Waals surface area contributed by atoms with Crippen LogP contribution in [0, 0.1) is 10.1 Å². The van der Waals surface area contributed by atoms with Crippen molar-refractivity contribution < 1.29 is 10.0 Å². The molecular formula is C20H28N6O5. The van der Waals surface area contributed by atoms with Crippen LogP contribution in [0.3, 0.4) is 0 Å². The molecule has 11 nitrogen and oxygen atoms in total. The van der Waals surface area contributed by atoms with Gasteiger partial charge in [0.1, 0.15) is 5.82 Å². The van der Waals surface area contributed by atoms with Crippen LogP contribution in [-0.4, -0.2) is 76.5 Å². The van der Waals surface area contributed by atoms with Crippen LogP contribution in [0.1, 0.15) is 0 Å². The van der Waals surface area contributed by atoms with E-state index >= 15 is 0 Å². The first-order valence-electron chi connectivity index (χ1n) is 10.2. The average Bonchev–Trinajstić information content (AvgIpc) is 2.78. The molecule has 168 valence electrons. The highest BCUT2D eigenvalue weighted by atomic mass is 16.6. The van der Waals surface area contributed by atoms with Crippen LogP contribution in [0.2, 0.25) is 0 Å². The van der Waals surface area contributed by atoms with Gasteiger partial charge in [0.2, 0.25) is 0 Å². The van der Waals surface area contributed by atoms with E-state index in [1.165, 1.54) is 29.8 Å². The van der Waals surface area contributed by atoms with E-state index in [1.54, 1.807) is 19.2 Å². The fourth-order valence-corrected chi connectivity index (χ4v) is 3.76. The molecule has 1 saturated heterocycles. The van der Waals surface area contributed by atoms with Crippen molar-refractivity contribution in [1.29, 1.82) is 0 Å². The molecule has 11 heteroatoms. The summed E-state index contributed by atoms with van der Waals surface area (Å²) >= 11 is 0. The Morgan fingerprint density at radius 1 is 1.03 bits per heavy atom. The lowest BCUT2D eigenvalue weighted by Crippen LogP contribution is -2.49. The van der Waals surface area contributed by atoms with Crippen LogP contribution in [0.5, 0.6) is 0 Å². The van der Waals surface area contributed by atoms with Crippen molar-refractivity contribution in [2.75, 3.05) is 62.2 Å². The summed E-state index contributed by atoms with van der Waals surface area (Å²) in [7, 11) is 3.06. The minimum absolute atomic E-state index is 0.0801. The van der Waals surface area contributed by atoms with Crippen molar-refractivity contribution in [3.05, 3.63) is 61.3 Å². The van der Waals surface area contributed by atoms with Gasteiger partial charge in [-0.25, -0.2) is 4.79 Å². The summed E-state index contributed by atoms with van der Waals surface area (Å²) in [4.78, 5) is 41.0. The van der Waals surface area contributed by atoms with E-state index in [-0.39, 0.29) is 17.9 Å². The van der Waals surface area contributed by atoms with E-state index < -0.39 is 10.6 Å². The molecule has 0 amide bonds. The van der Waals surface area contributed by atoms with Gasteiger partial charge in [-0.15, -0.1) is 0 Å². The van der Waals surface area contributed by atoms with Crippen LogP contribution in [0.4, 0.5) is 17.2 Å². The summed E-state index contributed by atoms with van der Waals surface area (Å²) in [5, 5.41) is 20.3. The van der Waals surface area contributed by atoms with Crippen LogP contribution in [0.25, 0.3) is 0 Å². The third-order valence-electron chi connectivity index (χ3n) is 5.68. The molecule has 0 saturated carbocycles. The lowest BCUT2D eigenvalue weighted by Gasteiger charge is -2.37. The van der Waals surface area contributed by atoms with E-state index in [1.807, 2.05) is 4.90 Å². The molecular weight excluding hydrogens is 404 g/mol. The van der Waals surface area contributed by atoms with Crippen LogP contribution < -0.4 is 21.0 Å². The fraction of sp³-hybridized carbons (Fsp3) is 0.500. The maximum atomic E-state index is 12.2. The normalized spacial score (nSPS) is 14.6. The predicted octanol–water partition coefficient (Wildman–Crippen LogP) is -0.387. The van der Waals surface area contributed by atoms with Gasteiger partial charge in [-0.3, -0.25) is 28.9 Å². The molecule has 1 aromatic heterocycles. The molecule has 2 aromatic rings. The Kier molecular flexibility index (Phi) is 7.08. The summed E-state index contributed by atoms with van der Waals surface area (Å²) in [6.45, 7) is 4.75. The van der Waals surface area contributed by atoms with Gasteiger partial charge in [0.25, 0.3) is 11.2 Å². The second-order valence-electron chi connectivity index (χ2n) is 7.55. The van der Waals surface area contributed by atoms with Gasteiger partial charge in [0, 0.05) is 83.8 Å². The Labute approximate surface area is 179 Å². The van der Waals surface area contributed by atoms with E-state index in [9.17, 15) is 24.8 Å². The smallest absolute Gasteiger partial charge is 0.332 e. The number of aliphatic hydroxyl groups excluding tert-OH is 1. The van der Waals surface area contributed by atoms with Crippen molar-refractivity contribution in [2.24, 2.45) is 14.1 Å². The summed E-state index contributed by atoms with van der Waals surface area (Å²) in [5.74, 6) is 0.492. The standard InChI is InChI=1S/C20H28N6O5/c1-21-18(15-19(28)22(2)20(21)29)25(13-14-27)12-9-23-7-10-24(11-8-23)16-3-5-17(6-4-16)26(30)31/h3-6,15,27H,7-14H2,1-2H3. The Morgan fingerprint density at radius 2 is 1.68 bits per heavy atom. The molecule has 2 heterocycles. The molecule has 0 aliphatic carbocycles. The molecule has 1 aliphatic rings. The number of hydrogen-bond acceptors (Lipinski definition) is 8. The lowest BCUT2D eigenvalue weighted by molar-refractivity contribution is -0.384. The first kappa shape index (κ1) is 22.5. The molecule has 1 aliphatic heterocycles. The lowest BCUT2D eigenvalue weighted by atomic mass is 10.2. The highest BCUT2D eigenvalue weighted by molar-refractivity contribution is 5.51. The quantitative estimate of drug-likeness (QED) is 0.443. The van der Waals surface area contributed by atoms with E-state index in [0.29, 0.717) is 18.9 Å². The van der Waals surface area contributed by atoms with Crippen molar-refractivity contribution in [3.63, 3.8) is 0 Å². The average molecular weight is 432 g/mol. The number of hydrogen-bond donors (Lipinski definition) is 1. The molecule has 1 aromatic carbocycles. The first-order chi connectivity index (χ1) is 14.8. The van der Waals surface area contributed by atoms with Crippen molar-refractivity contribution in [3.8, 4) is 0 Å². The maximum absolute atomic E-state index is 12.2. The number of nitro groups is 1. The number of non-ortho nitro benzene ring substituents is 1. The van der Waals surface area contributed by atoms with Crippen molar-refractivity contribution >= 4 is 17.2 Å². The zero-order chi connectivity index (χ0) is 22.5. The molecule has 0 bridgehead atoms. The molecule has 0 atom stereocenters. The Morgan fingerprint density at radius 3 is 2.26 bits per heavy atom. The second kappa shape index (κ2) is 9.75. The maximum Gasteiger partial charge on any atom is 0.332 e. The number of rotatable bonds is 8. The van der Waals surface area contributed by atoms with Gasteiger partial charge in [0.15, 0.2) is 0 Å². The Hall–Kier alpha value is -3.18. The van der Waals surface area contributed by atoms with E-state index in [4.69, 9.17) is 0 Å². The van der Waals surface area contributed by atoms with Gasteiger partial charge in [-0.2, -0.15) is 0 Å². The number of nitrogens with zero attached hydrogens (tertiary/aromatic N) is 6. The van der Waals surface area contributed by atoms with Crippen LogP contribution >= 0.6 is 0 Å². The number of piperazine rings is 1. The number of aromatic nitrogens is 2. The molecule has 0 radical (unpaired) electrons. The number of benzene rings is 1. The number of anilines is 2. The molecule has 0 spiro atoms. The summed E-state index contributed by atoms with van der Waals surface area (Å²) < 4.78 is 2.47. The van der Waals surface area contributed by atoms with Crippen molar-refractivity contribution in [2.45, 2.75) is 0 Å². The first-order valence-corrected chi connectivity index (χ1v) is 10.2. The third-order valence-corrected chi connectivity index (χ3v) is 5.68. The number of nitro benzene ring substituents is 1. The van der Waals surface area contributed by atoms with Crippen LogP contribution in [0.15, 0.2) is 39.9 Å². The van der Waals surface area contributed by atoms with E-state index in [2.05, 4.69) is 9.80 Å². The van der Waals surface area contributed by atoms with Gasteiger partial charge in [-0.1, -0.05) is 0 Å². The minimum Gasteiger partial charge on any atom is -0.395 e. The highest BCUT2D eigenvalue weighted by Gasteiger charge is 2.20. The topological polar surface area (TPSA) is 117 Å². The molecule has 0 unspecified atom stereocenters. The summed E-state index contributed by atoms with van der Waals surface area (Å²) in [6.07, 6.45) is 0. The predicted molar refractivity (Wildman–Crippen MR) is 118 cm³/mol. The van der Waals surface area contributed by atoms with E-state index in [0.717, 1.165) is 43.0 Å². The molecule has 1 N–H and O–H groups in total. The Balaban J connectivity index is 1.60. The van der Waals surface area contributed by atoms with Gasteiger partial charge in [0.05, 0.1) is 11.5 Å². The minimum atomic E-state index is -0.405. The van der Waals surface area contributed by atoms with Gasteiger partial charge >= 0.3 is 5.69 Å². The summed E-state index contributed by atoms with van der Waals surface area (Å²) in [6, 6.07) is 8.00. The second-order valence-corrected chi connectivity index (χ2v) is 7.55. The van der Waals surface area contributed by atoms with Gasteiger partial charge in [-0.05, 0) is 12.1 Å². The molecule has 1 fully saturated rings. The third kappa shape index (κ3) is 5.12. The van der Waals surface area contributed by atoms with Crippen molar-refractivity contribution in [1.82, 2.24) is 14.0 Å². The van der Waals surface area contributed by atoms with Crippen LogP contribution in [-0.2, 0) is 14.1 Å². The highest BCUT2D eigenvalue weighted by Crippen LogP contribution is 2.20. The molecule has 31 heavy (non-hydrogen) atoms. The zero-order valence-corrected chi connectivity index (χ0v) is 17.8. The monoisotopic (exact) mass is 432 g/mol. The fourth-order valence-electron chi connectivity index (χ4n) is 3.76.